The van der Waals surface area contributed by atoms with E-state index in [1.165, 1.54) is 54.9 Å². The molecule has 0 aliphatic heterocycles. The van der Waals surface area contributed by atoms with Crippen LogP contribution in [0, 0.1) is 19.6 Å². The zero-order valence-electron chi connectivity index (χ0n) is 25.4. The SMILES string of the molecule is C1=CC(c2ccc3c([cH-]c4ccccc43)c2C2C=Cc3ccccc32)c2ccccc21.[CH3-].[Zr+4].[c-]1ccccc1.[c-]1ccccc1. The Hall–Kier alpha value is -4.45. The maximum atomic E-state index is 2.89. The molecule has 1 heteroatoms. The molecule has 45 heavy (non-hydrogen) atoms. The van der Waals surface area contributed by atoms with E-state index in [1.54, 1.807) is 0 Å². The van der Waals surface area contributed by atoms with Crippen LogP contribution in [0.3, 0.4) is 0 Å². The number of benzene rings is 6. The molecule has 0 nitrogen and oxygen atoms in total. The summed E-state index contributed by atoms with van der Waals surface area (Å²) in [5.41, 5.74) is 8.39. The van der Waals surface area contributed by atoms with Gasteiger partial charge in [-0.1, -0.05) is 114 Å². The Morgan fingerprint density at radius 1 is 0.467 bits per heavy atom. The van der Waals surface area contributed by atoms with Crippen molar-refractivity contribution in [2.24, 2.45) is 0 Å². The quantitative estimate of drug-likeness (QED) is 0.163. The summed E-state index contributed by atoms with van der Waals surface area (Å²) < 4.78 is 0. The molecule has 7 aromatic carbocycles. The van der Waals surface area contributed by atoms with Gasteiger partial charge in [-0.3, -0.25) is 0 Å². The van der Waals surface area contributed by atoms with Crippen molar-refractivity contribution in [3.8, 4) is 0 Å². The fourth-order valence-corrected chi connectivity index (χ4v) is 6.39. The zero-order chi connectivity index (χ0) is 28.8. The first-order chi connectivity index (χ1) is 21.4. The van der Waals surface area contributed by atoms with E-state index in [0.717, 1.165) is 0 Å². The Bertz CT molecular complexity index is 1940. The molecule has 0 amide bonds. The van der Waals surface area contributed by atoms with Crippen LogP contribution in [0.15, 0.2) is 164 Å². The third kappa shape index (κ3) is 6.65. The molecule has 0 aromatic heterocycles. The van der Waals surface area contributed by atoms with Crippen LogP contribution in [0.5, 0.6) is 0 Å². The molecule has 0 saturated heterocycles. The average molecular weight is 654 g/mol. The van der Waals surface area contributed by atoms with Gasteiger partial charge in [0.15, 0.2) is 0 Å². The number of rotatable bonds is 2. The van der Waals surface area contributed by atoms with Gasteiger partial charge < -0.3 is 7.43 Å². The minimum Gasteiger partial charge on any atom is -0.358 e. The molecule has 0 bridgehead atoms. The molecular formula is C44H34Zr. The van der Waals surface area contributed by atoms with Crippen LogP contribution in [-0.2, 0) is 26.2 Å². The molecule has 0 fully saturated rings. The summed E-state index contributed by atoms with van der Waals surface area (Å²) in [6.45, 7) is 0. The second-order valence-corrected chi connectivity index (χ2v) is 10.8. The summed E-state index contributed by atoms with van der Waals surface area (Å²) in [6, 6.07) is 58.6. The van der Waals surface area contributed by atoms with Crippen LogP contribution >= 0.6 is 0 Å². The van der Waals surface area contributed by atoms with Crippen LogP contribution in [0.2, 0.25) is 0 Å². The normalized spacial score (nSPS) is 15.0. The third-order valence-electron chi connectivity index (χ3n) is 8.33. The molecule has 2 unspecified atom stereocenters. The molecule has 2 atom stereocenters. The monoisotopic (exact) mass is 652 g/mol. The number of hydrogen-bond acceptors (Lipinski definition) is 0. The predicted octanol–water partition coefficient (Wildman–Crippen LogP) is 11.5. The van der Waals surface area contributed by atoms with E-state index in [-0.39, 0.29) is 39.5 Å². The van der Waals surface area contributed by atoms with E-state index in [0.29, 0.717) is 5.92 Å². The van der Waals surface area contributed by atoms with Crippen molar-refractivity contribution in [1.82, 2.24) is 0 Å². The van der Waals surface area contributed by atoms with Gasteiger partial charge in [-0.15, -0.1) is 33.7 Å². The van der Waals surface area contributed by atoms with Gasteiger partial charge in [-0.2, -0.15) is 72.8 Å². The minimum atomic E-state index is 0. The van der Waals surface area contributed by atoms with E-state index < -0.39 is 0 Å². The largest absolute Gasteiger partial charge is 4.00 e. The van der Waals surface area contributed by atoms with Crippen molar-refractivity contribution in [3.63, 3.8) is 0 Å². The van der Waals surface area contributed by atoms with Gasteiger partial charge in [0, 0.05) is 11.8 Å². The summed E-state index contributed by atoms with van der Waals surface area (Å²) in [5, 5.41) is 5.43. The van der Waals surface area contributed by atoms with Gasteiger partial charge in [0.05, 0.1) is 0 Å². The molecule has 2 aliphatic carbocycles. The molecule has 0 spiro atoms. The van der Waals surface area contributed by atoms with E-state index in [1.807, 2.05) is 60.7 Å². The molecular weight excluding hydrogens is 620 g/mol. The van der Waals surface area contributed by atoms with E-state index in [4.69, 9.17) is 0 Å². The molecule has 0 radical (unpaired) electrons. The fourth-order valence-electron chi connectivity index (χ4n) is 6.39. The van der Waals surface area contributed by atoms with Gasteiger partial charge in [0.2, 0.25) is 0 Å². The predicted molar refractivity (Wildman–Crippen MR) is 189 cm³/mol. The van der Waals surface area contributed by atoms with Gasteiger partial charge in [0.25, 0.3) is 0 Å². The van der Waals surface area contributed by atoms with Crippen LogP contribution in [0.25, 0.3) is 33.7 Å². The van der Waals surface area contributed by atoms with Gasteiger partial charge >= 0.3 is 26.2 Å². The molecule has 7 aromatic rings. The standard InChI is InChI=1S/C31H21.2C6H5.CH3.Zr/c1-4-10-23-20(7-1)13-15-26(23)29-18-17-27-25-12-6-3-9-22(25)19-30(27)31(29)28-16-14-21-8-2-5-11-24(21)28;2*1-2-4-6-5-3-1;;/h1-19,26,28H;2*1-5H;1H3;/q4*-1;+4. The number of hydrogen-bond donors (Lipinski definition) is 0. The maximum Gasteiger partial charge on any atom is 4.00 e. The summed E-state index contributed by atoms with van der Waals surface area (Å²) in [5.74, 6) is 0.586. The van der Waals surface area contributed by atoms with E-state index in [2.05, 4.69) is 127 Å². The van der Waals surface area contributed by atoms with Crippen LogP contribution in [-0.4, -0.2) is 0 Å². The average Bonchev–Trinajstić information content (AvgIpc) is 3.82. The van der Waals surface area contributed by atoms with Crippen LogP contribution in [0.4, 0.5) is 0 Å². The summed E-state index contributed by atoms with van der Waals surface area (Å²) in [4.78, 5) is 0. The smallest absolute Gasteiger partial charge is 0.358 e. The Labute approximate surface area is 286 Å². The summed E-state index contributed by atoms with van der Waals surface area (Å²) in [6.07, 6.45) is 9.35. The Morgan fingerprint density at radius 2 is 1.00 bits per heavy atom. The number of fused-ring (bicyclic) bond motifs is 5. The van der Waals surface area contributed by atoms with Crippen molar-refractivity contribution in [2.45, 2.75) is 11.8 Å². The van der Waals surface area contributed by atoms with E-state index in [9.17, 15) is 0 Å². The Morgan fingerprint density at radius 3 is 1.58 bits per heavy atom. The molecule has 2 aliphatic rings. The summed E-state index contributed by atoms with van der Waals surface area (Å²) in [7, 11) is 0. The third-order valence-corrected chi connectivity index (χ3v) is 8.33. The van der Waals surface area contributed by atoms with Crippen LogP contribution < -0.4 is 0 Å². The van der Waals surface area contributed by atoms with Crippen LogP contribution in [0.1, 0.15) is 45.2 Å². The van der Waals surface area contributed by atoms with Gasteiger partial charge in [0.1, 0.15) is 0 Å². The van der Waals surface area contributed by atoms with Crippen molar-refractivity contribution < 1.29 is 26.2 Å². The maximum absolute atomic E-state index is 2.89. The number of allylic oxidation sites excluding steroid dienone is 2. The second kappa shape index (κ2) is 15.0. The van der Waals surface area contributed by atoms with Gasteiger partial charge in [-0.05, 0) is 22.3 Å². The second-order valence-electron chi connectivity index (χ2n) is 10.8. The molecule has 0 saturated carbocycles. The minimum absolute atomic E-state index is 0. The topological polar surface area (TPSA) is 0 Å². The first kappa shape index (κ1) is 32.0. The molecule has 0 heterocycles. The fraction of sp³-hybridized carbons (Fsp3) is 0.0455. The molecule has 214 valence electrons. The van der Waals surface area contributed by atoms with Crippen molar-refractivity contribution in [3.05, 3.63) is 217 Å². The van der Waals surface area contributed by atoms with Crippen molar-refractivity contribution >= 4 is 33.7 Å². The summed E-state index contributed by atoms with van der Waals surface area (Å²) >= 11 is 0. The molecule has 0 N–H and O–H groups in total. The Kier molecular flexibility index (Phi) is 10.7. The zero-order valence-corrected chi connectivity index (χ0v) is 27.9. The first-order valence-electron chi connectivity index (χ1n) is 14.9. The van der Waals surface area contributed by atoms with Crippen molar-refractivity contribution in [1.29, 1.82) is 0 Å². The Balaban J connectivity index is 0.000000241. The van der Waals surface area contributed by atoms with Gasteiger partial charge in [-0.25, -0.2) is 0 Å². The molecule has 9 rings (SSSR count). The first-order valence-corrected chi connectivity index (χ1v) is 14.9. The van der Waals surface area contributed by atoms with E-state index >= 15 is 0 Å². The van der Waals surface area contributed by atoms with Crippen molar-refractivity contribution in [2.75, 3.05) is 0 Å².